The predicted octanol–water partition coefficient (Wildman–Crippen LogP) is 3.36. The number of nitrogens with zero attached hydrogens (tertiary/aromatic N) is 1. The van der Waals surface area contributed by atoms with E-state index in [0.717, 1.165) is 29.9 Å². The fourth-order valence-electron chi connectivity index (χ4n) is 1.94. The highest BCUT2D eigenvalue weighted by atomic mass is 32.2. The first-order chi connectivity index (χ1) is 9.16. The standard InChI is InChI=1S/C14H23N3S2/c1-11-7-9-17-14(12(11)13(15)18)16-8-5-3-4-6-10-19-2/h7,9H,3-6,8,10H2,1-2H3,(H2,15,18)(H,16,17). The van der Waals surface area contributed by atoms with Crippen molar-refractivity contribution in [2.24, 2.45) is 5.73 Å². The maximum atomic E-state index is 5.75. The molecule has 0 fully saturated rings. The molecule has 1 aromatic rings. The minimum atomic E-state index is 0.410. The lowest BCUT2D eigenvalue weighted by Crippen LogP contribution is -2.16. The Hall–Kier alpha value is -0.810. The number of hydrogen-bond donors (Lipinski definition) is 2. The molecule has 0 saturated carbocycles. The highest BCUT2D eigenvalue weighted by Crippen LogP contribution is 2.16. The van der Waals surface area contributed by atoms with Crippen molar-refractivity contribution in [1.29, 1.82) is 0 Å². The van der Waals surface area contributed by atoms with Gasteiger partial charge < -0.3 is 11.1 Å². The van der Waals surface area contributed by atoms with Crippen molar-refractivity contribution in [3.63, 3.8) is 0 Å². The summed E-state index contributed by atoms with van der Waals surface area (Å²) in [7, 11) is 0. The monoisotopic (exact) mass is 297 g/mol. The zero-order chi connectivity index (χ0) is 14.1. The number of thiocarbonyl (C=S) groups is 1. The quantitative estimate of drug-likeness (QED) is 0.541. The minimum Gasteiger partial charge on any atom is -0.389 e. The van der Waals surface area contributed by atoms with Gasteiger partial charge in [0.1, 0.15) is 10.8 Å². The van der Waals surface area contributed by atoms with Crippen molar-refractivity contribution in [1.82, 2.24) is 4.98 Å². The molecule has 0 amide bonds. The largest absolute Gasteiger partial charge is 0.389 e. The number of nitrogens with one attached hydrogen (secondary N) is 1. The summed E-state index contributed by atoms with van der Waals surface area (Å²) >= 11 is 7.00. The topological polar surface area (TPSA) is 50.9 Å². The van der Waals surface area contributed by atoms with Crippen LogP contribution in [-0.2, 0) is 0 Å². The van der Waals surface area contributed by atoms with E-state index in [9.17, 15) is 0 Å². The molecule has 106 valence electrons. The van der Waals surface area contributed by atoms with Gasteiger partial charge in [-0.2, -0.15) is 11.8 Å². The van der Waals surface area contributed by atoms with E-state index in [1.807, 2.05) is 24.8 Å². The lowest BCUT2D eigenvalue weighted by molar-refractivity contribution is 0.688. The van der Waals surface area contributed by atoms with E-state index < -0.39 is 0 Å². The summed E-state index contributed by atoms with van der Waals surface area (Å²) in [5.41, 5.74) is 7.70. The van der Waals surface area contributed by atoms with Crippen molar-refractivity contribution < 1.29 is 0 Å². The number of thioether (sulfide) groups is 1. The summed E-state index contributed by atoms with van der Waals surface area (Å²) in [6, 6.07) is 1.93. The Labute approximate surface area is 125 Å². The van der Waals surface area contributed by atoms with Crippen LogP contribution in [0.2, 0.25) is 0 Å². The van der Waals surface area contributed by atoms with Gasteiger partial charge in [0.2, 0.25) is 0 Å². The van der Waals surface area contributed by atoms with Gasteiger partial charge in [0.25, 0.3) is 0 Å². The molecule has 1 rings (SSSR count). The second kappa shape index (κ2) is 9.15. The molecule has 5 heteroatoms. The summed E-state index contributed by atoms with van der Waals surface area (Å²) in [6.45, 7) is 2.93. The van der Waals surface area contributed by atoms with E-state index in [4.69, 9.17) is 18.0 Å². The van der Waals surface area contributed by atoms with E-state index >= 15 is 0 Å². The number of nitrogens with two attached hydrogens (primary N) is 1. The summed E-state index contributed by atoms with van der Waals surface area (Å²) in [5.74, 6) is 2.08. The molecule has 0 unspecified atom stereocenters. The van der Waals surface area contributed by atoms with Crippen LogP contribution < -0.4 is 11.1 Å². The summed E-state index contributed by atoms with van der Waals surface area (Å²) in [6.07, 6.45) is 8.95. The van der Waals surface area contributed by atoms with Crippen LogP contribution in [-0.4, -0.2) is 28.5 Å². The van der Waals surface area contributed by atoms with Gasteiger partial charge in [0.05, 0.1) is 5.56 Å². The third-order valence-electron chi connectivity index (χ3n) is 2.97. The van der Waals surface area contributed by atoms with Gasteiger partial charge in [-0.05, 0) is 43.4 Å². The zero-order valence-corrected chi connectivity index (χ0v) is 13.4. The van der Waals surface area contributed by atoms with E-state index in [0.29, 0.717) is 4.99 Å². The third-order valence-corrected chi connectivity index (χ3v) is 3.87. The predicted molar refractivity (Wildman–Crippen MR) is 90.2 cm³/mol. The lowest BCUT2D eigenvalue weighted by atomic mass is 10.1. The van der Waals surface area contributed by atoms with Gasteiger partial charge in [-0.15, -0.1) is 0 Å². The van der Waals surface area contributed by atoms with Crippen molar-refractivity contribution in [3.8, 4) is 0 Å². The molecule has 0 aliphatic rings. The van der Waals surface area contributed by atoms with Crippen LogP contribution in [0.25, 0.3) is 0 Å². The Morgan fingerprint density at radius 2 is 2.11 bits per heavy atom. The first-order valence-electron chi connectivity index (χ1n) is 6.65. The van der Waals surface area contributed by atoms with Crippen LogP contribution in [0.5, 0.6) is 0 Å². The molecule has 0 atom stereocenters. The highest BCUT2D eigenvalue weighted by molar-refractivity contribution is 7.98. The molecule has 0 spiro atoms. The van der Waals surface area contributed by atoms with Crippen LogP contribution >= 0.6 is 24.0 Å². The smallest absolute Gasteiger partial charge is 0.136 e. The first kappa shape index (κ1) is 16.2. The normalized spacial score (nSPS) is 10.4. The molecule has 19 heavy (non-hydrogen) atoms. The van der Waals surface area contributed by atoms with E-state index in [1.165, 1.54) is 25.0 Å². The van der Waals surface area contributed by atoms with Crippen molar-refractivity contribution in [3.05, 3.63) is 23.4 Å². The van der Waals surface area contributed by atoms with E-state index in [2.05, 4.69) is 16.6 Å². The van der Waals surface area contributed by atoms with Crippen molar-refractivity contribution in [2.45, 2.75) is 32.6 Å². The number of unbranched alkanes of at least 4 members (excludes halogenated alkanes) is 3. The molecule has 1 heterocycles. The number of rotatable bonds is 9. The molecule has 0 radical (unpaired) electrons. The second-order valence-corrected chi connectivity index (χ2v) is 5.97. The summed E-state index contributed by atoms with van der Waals surface area (Å²) < 4.78 is 0. The number of anilines is 1. The number of aryl methyl sites for hydroxylation is 1. The highest BCUT2D eigenvalue weighted by Gasteiger charge is 2.08. The molecule has 0 saturated heterocycles. The van der Waals surface area contributed by atoms with Gasteiger partial charge in [-0.25, -0.2) is 4.98 Å². The Bertz CT molecular complexity index is 408. The van der Waals surface area contributed by atoms with Crippen molar-refractivity contribution >= 4 is 34.8 Å². The van der Waals surface area contributed by atoms with Gasteiger partial charge >= 0.3 is 0 Å². The molecule has 0 aromatic carbocycles. The Morgan fingerprint density at radius 1 is 1.37 bits per heavy atom. The van der Waals surface area contributed by atoms with Crippen molar-refractivity contribution in [2.75, 3.05) is 23.9 Å². The fraction of sp³-hybridized carbons (Fsp3) is 0.571. The zero-order valence-electron chi connectivity index (χ0n) is 11.7. The molecule has 1 aromatic heterocycles. The van der Waals surface area contributed by atoms with E-state index in [1.54, 1.807) is 6.20 Å². The fourth-order valence-corrected chi connectivity index (χ4v) is 2.69. The number of aromatic nitrogens is 1. The number of hydrogen-bond acceptors (Lipinski definition) is 4. The van der Waals surface area contributed by atoms with Gasteiger partial charge in [0, 0.05) is 12.7 Å². The molecular formula is C14H23N3S2. The minimum absolute atomic E-state index is 0.410. The van der Waals surface area contributed by atoms with Gasteiger partial charge in [-0.3, -0.25) is 0 Å². The molecule has 0 aliphatic heterocycles. The molecule has 3 N–H and O–H groups in total. The average molecular weight is 297 g/mol. The second-order valence-electron chi connectivity index (χ2n) is 4.55. The SMILES string of the molecule is CSCCCCCCNc1nccc(C)c1C(N)=S. The Kier molecular flexibility index (Phi) is 7.82. The molecule has 0 bridgehead atoms. The maximum absolute atomic E-state index is 5.75. The third kappa shape index (κ3) is 5.78. The first-order valence-corrected chi connectivity index (χ1v) is 8.45. The van der Waals surface area contributed by atoms with Gasteiger partial charge in [0.15, 0.2) is 0 Å². The van der Waals surface area contributed by atoms with Crippen LogP contribution in [0.3, 0.4) is 0 Å². The van der Waals surface area contributed by atoms with Crippen LogP contribution in [0.15, 0.2) is 12.3 Å². The summed E-state index contributed by atoms with van der Waals surface area (Å²) in [5, 5.41) is 3.34. The van der Waals surface area contributed by atoms with Crippen LogP contribution in [0.4, 0.5) is 5.82 Å². The van der Waals surface area contributed by atoms with Crippen LogP contribution in [0.1, 0.15) is 36.8 Å². The number of pyridine rings is 1. The average Bonchev–Trinajstić information content (AvgIpc) is 2.37. The Balaban J connectivity index is 2.37. The van der Waals surface area contributed by atoms with Crippen LogP contribution in [0, 0.1) is 6.92 Å². The molecule has 3 nitrogen and oxygen atoms in total. The summed E-state index contributed by atoms with van der Waals surface area (Å²) in [4.78, 5) is 4.74. The molecular weight excluding hydrogens is 274 g/mol. The van der Waals surface area contributed by atoms with Gasteiger partial charge in [-0.1, -0.05) is 25.1 Å². The maximum Gasteiger partial charge on any atom is 0.136 e. The Morgan fingerprint density at radius 3 is 2.79 bits per heavy atom. The molecule has 0 aliphatic carbocycles. The van der Waals surface area contributed by atoms with E-state index in [-0.39, 0.29) is 0 Å². The lowest BCUT2D eigenvalue weighted by Gasteiger charge is -2.12.